The molecule has 3 N–H and O–H groups in total. The molecule has 4 rings (SSSR count). The number of nitrogens with zero attached hydrogens (tertiary/aromatic N) is 2. The molecular formula is C17H14ClN5O. The molecule has 0 saturated carbocycles. The van der Waals surface area contributed by atoms with Crippen molar-refractivity contribution in [1.29, 1.82) is 0 Å². The Balaban J connectivity index is 1.80. The van der Waals surface area contributed by atoms with Crippen LogP contribution in [0.1, 0.15) is 6.42 Å². The zero-order chi connectivity index (χ0) is 16.5. The third kappa shape index (κ3) is 2.96. The Hall–Kier alpha value is -2.86. The van der Waals surface area contributed by atoms with E-state index in [2.05, 4.69) is 25.9 Å². The lowest BCUT2D eigenvalue weighted by molar-refractivity contribution is -0.118. The summed E-state index contributed by atoms with van der Waals surface area (Å²) in [7, 11) is 0. The van der Waals surface area contributed by atoms with Gasteiger partial charge < -0.3 is 16.0 Å². The quantitative estimate of drug-likeness (QED) is 0.682. The van der Waals surface area contributed by atoms with Crippen LogP contribution in [0.4, 0.5) is 23.1 Å². The zero-order valence-electron chi connectivity index (χ0n) is 12.6. The highest BCUT2D eigenvalue weighted by atomic mass is 35.5. The van der Waals surface area contributed by atoms with Crippen molar-refractivity contribution in [2.75, 3.05) is 16.0 Å². The van der Waals surface area contributed by atoms with Crippen LogP contribution in [-0.4, -0.2) is 15.9 Å². The number of rotatable bonds is 0. The van der Waals surface area contributed by atoms with Gasteiger partial charge in [0.25, 0.3) is 0 Å². The molecule has 1 unspecified atom stereocenters. The SMILES string of the molecule is O=C1Nc2cccc(c2)Nc2nc(ncc2Cl)NC2=CC=CC1C2. The van der Waals surface area contributed by atoms with Crippen LogP contribution >= 0.6 is 11.6 Å². The van der Waals surface area contributed by atoms with E-state index in [9.17, 15) is 4.79 Å². The van der Waals surface area contributed by atoms with E-state index in [0.717, 1.165) is 11.4 Å². The van der Waals surface area contributed by atoms with Gasteiger partial charge in [0, 0.05) is 23.5 Å². The lowest BCUT2D eigenvalue weighted by Gasteiger charge is -2.18. The number of hydrogen-bond donors (Lipinski definition) is 3. The Bertz CT molecular complexity index is 877. The number of nitrogens with one attached hydrogen (secondary N) is 3. The van der Waals surface area contributed by atoms with Crippen LogP contribution in [0.15, 0.2) is 54.4 Å². The molecule has 0 saturated heterocycles. The van der Waals surface area contributed by atoms with Crippen molar-refractivity contribution in [1.82, 2.24) is 9.97 Å². The standard InChI is InChI=1S/C17H14ClN5O/c18-14-9-19-17-22-11-4-1-3-10(7-11)16(24)21-13-6-2-5-12(8-13)20-15(14)23-17/h1-6,8-10H,7H2,(H,21,24)(H2,19,20,22,23). The first-order chi connectivity index (χ1) is 11.7. The second kappa shape index (κ2) is 5.98. The first-order valence-electron chi connectivity index (χ1n) is 7.52. The van der Waals surface area contributed by atoms with Gasteiger partial charge >= 0.3 is 0 Å². The van der Waals surface area contributed by atoms with Crippen molar-refractivity contribution in [2.45, 2.75) is 6.42 Å². The number of allylic oxidation sites excluding steroid dienone is 3. The fourth-order valence-corrected chi connectivity index (χ4v) is 2.79. The topological polar surface area (TPSA) is 78.9 Å². The van der Waals surface area contributed by atoms with Crippen LogP contribution in [0.2, 0.25) is 5.02 Å². The van der Waals surface area contributed by atoms with Gasteiger partial charge in [-0.3, -0.25) is 4.79 Å². The predicted octanol–water partition coefficient (Wildman–Crippen LogP) is 3.70. The van der Waals surface area contributed by atoms with Crippen molar-refractivity contribution in [3.05, 3.63) is 59.4 Å². The van der Waals surface area contributed by atoms with Gasteiger partial charge in [-0.05, 0) is 24.3 Å². The van der Waals surface area contributed by atoms with Crippen molar-refractivity contribution >= 4 is 40.6 Å². The van der Waals surface area contributed by atoms with Crippen LogP contribution in [0.25, 0.3) is 0 Å². The molecular weight excluding hydrogens is 326 g/mol. The molecule has 24 heavy (non-hydrogen) atoms. The van der Waals surface area contributed by atoms with E-state index in [1.165, 1.54) is 0 Å². The minimum Gasteiger partial charge on any atom is -0.339 e. The van der Waals surface area contributed by atoms with Crippen molar-refractivity contribution in [3.8, 4) is 0 Å². The Morgan fingerprint density at radius 3 is 2.88 bits per heavy atom. The highest BCUT2D eigenvalue weighted by Gasteiger charge is 2.21. The molecule has 1 aromatic carbocycles. The summed E-state index contributed by atoms with van der Waals surface area (Å²) in [6.45, 7) is 0. The molecule has 1 aromatic heterocycles. The van der Waals surface area contributed by atoms with E-state index in [-0.39, 0.29) is 11.8 Å². The minimum absolute atomic E-state index is 0.0549. The summed E-state index contributed by atoms with van der Waals surface area (Å²) in [6.07, 6.45) is 7.76. The molecule has 1 aliphatic heterocycles. The number of benzene rings is 1. The average molecular weight is 340 g/mol. The molecule has 6 nitrogen and oxygen atoms in total. The number of carbonyl (C=O) groups is 1. The maximum atomic E-state index is 12.5. The molecule has 6 bridgehead atoms. The molecule has 0 fully saturated rings. The highest BCUT2D eigenvalue weighted by Crippen LogP contribution is 2.28. The third-order valence-electron chi connectivity index (χ3n) is 3.83. The van der Waals surface area contributed by atoms with Crippen LogP contribution in [0.5, 0.6) is 0 Å². The number of amides is 1. The fraction of sp³-hybridized carbons (Fsp3) is 0.118. The molecule has 2 aromatic rings. The first-order valence-corrected chi connectivity index (χ1v) is 7.90. The van der Waals surface area contributed by atoms with Crippen LogP contribution in [-0.2, 0) is 4.79 Å². The van der Waals surface area contributed by atoms with Crippen molar-refractivity contribution in [2.24, 2.45) is 5.92 Å². The Labute approximate surface area is 143 Å². The van der Waals surface area contributed by atoms with Gasteiger partial charge in [0.2, 0.25) is 11.9 Å². The number of carbonyl (C=O) groups excluding carboxylic acids is 1. The van der Waals surface area contributed by atoms with E-state index in [1.54, 1.807) is 6.20 Å². The number of aromatic nitrogens is 2. The summed E-state index contributed by atoms with van der Waals surface area (Å²) in [5, 5.41) is 9.67. The van der Waals surface area contributed by atoms with Gasteiger partial charge in [0.15, 0.2) is 5.82 Å². The first kappa shape index (κ1) is 14.7. The predicted molar refractivity (Wildman–Crippen MR) is 94.3 cm³/mol. The monoisotopic (exact) mass is 339 g/mol. The van der Waals surface area contributed by atoms with Gasteiger partial charge in [-0.25, -0.2) is 4.98 Å². The van der Waals surface area contributed by atoms with Crippen LogP contribution < -0.4 is 16.0 Å². The Morgan fingerprint density at radius 1 is 1.17 bits per heavy atom. The van der Waals surface area contributed by atoms with E-state index < -0.39 is 0 Å². The number of hydrogen-bond acceptors (Lipinski definition) is 5. The van der Waals surface area contributed by atoms with Gasteiger partial charge in [0.1, 0.15) is 5.02 Å². The summed E-state index contributed by atoms with van der Waals surface area (Å²) >= 11 is 6.18. The molecule has 2 aliphatic rings. The largest absolute Gasteiger partial charge is 0.339 e. The molecule has 0 radical (unpaired) electrons. The molecule has 0 spiro atoms. The van der Waals surface area contributed by atoms with Crippen molar-refractivity contribution < 1.29 is 4.79 Å². The molecule has 1 atom stereocenters. The fourth-order valence-electron chi connectivity index (χ4n) is 2.66. The number of fused-ring (bicyclic) bond motifs is 6. The van der Waals surface area contributed by atoms with E-state index in [1.807, 2.05) is 42.5 Å². The zero-order valence-corrected chi connectivity index (χ0v) is 13.3. The highest BCUT2D eigenvalue weighted by molar-refractivity contribution is 6.32. The molecule has 7 heteroatoms. The maximum Gasteiger partial charge on any atom is 0.231 e. The Kier molecular flexibility index (Phi) is 3.66. The number of anilines is 4. The van der Waals surface area contributed by atoms with E-state index >= 15 is 0 Å². The summed E-state index contributed by atoms with van der Waals surface area (Å²) in [5.74, 6) is 0.626. The van der Waals surface area contributed by atoms with Crippen LogP contribution in [0.3, 0.4) is 0 Å². The molecule has 1 aliphatic carbocycles. The average Bonchev–Trinajstić information content (AvgIpc) is 2.58. The van der Waals surface area contributed by atoms with E-state index in [0.29, 0.717) is 28.9 Å². The lowest BCUT2D eigenvalue weighted by Crippen LogP contribution is -2.24. The van der Waals surface area contributed by atoms with E-state index in [4.69, 9.17) is 11.6 Å². The second-order valence-corrected chi connectivity index (χ2v) is 6.00. The van der Waals surface area contributed by atoms with Gasteiger partial charge in [-0.2, -0.15) is 4.98 Å². The minimum atomic E-state index is -0.248. The third-order valence-corrected chi connectivity index (χ3v) is 4.10. The van der Waals surface area contributed by atoms with Gasteiger partial charge in [-0.1, -0.05) is 29.8 Å². The van der Waals surface area contributed by atoms with Crippen molar-refractivity contribution in [3.63, 3.8) is 0 Å². The Morgan fingerprint density at radius 2 is 2.00 bits per heavy atom. The van der Waals surface area contributed by atoms with Gasteiger partial charge in [-0.15, -0.1) is 0 Å². The summed E-state index contributed by atoms with van der Waals surface area (Å²) in [5.41, 5.74) is 2.36. The molecule has 2 heterocycles. The number of halogens is 1. The lowest BCUT2D eigenvalue weighted by atomic mass is 9.97. The molecule has 120 valence electrons. The summed E-state index contributed by atoms with van der Waals surface area (Å²) < 4.78 is 0. The van der Waals surface area contributed by atoms with Gasteiger partial charge in [0.05, 0.1) is 12.1 Å². The maximum absolute atomic E-state index is 12.5. The summed E-state index contributed by atoms with van der Waals surface area (Å²) in [6, 6.07) is 7.41. The normalized spacial score (nSPS) is 18.8. The second-order valence-electron chi connectivity index (χ2n) is 5.60. The summed E-state index contributed by atoms with van der Waals surface area (Å²) in [4.78, 5) is 21.1. The smallest absolute Gasteiger partial charge is 0.231 e. The van der Waals surface area contributed by atoms with Crippen LogP contribution in [0, 0.1) is 5.92 Å². The molecule has 1 amide bonds.